The molecule has 36 heavy (non-hydrogen) atoms. The Kier molecular flexibility index (Phi) is 6.01. The molecule has 3 heterocycles. The Bertz CT molecular complexity index is 1380. The zero-order valence-corrected chi connectivity index (χ0v) is 19.8. The molecule has 3 aromatic rings. The van der Waals surface area contributed by atoms with Gasteiger partial charge in [-0.2, -0.15) is 0 Å². The topological polar surface area (TPSA) is 106 Å². The number of hydrogen-bond acceptors (Lipinski definition) is 7. The lowest BCUT2D eigenvalue weighted by Gasteiger charge is -2.25. The van der Waals surface area contributed by atoms with Gasteiger partial charge in [0.05, 0.1) is 24.3 Å². The third-order valence-electron chi connectivity index (χ3n) is 6.43. The van der Waals surface area contributed by atoms with Crippen LogP contribution in [0.15, 0.2) is 72.6 Å². The van der Waals surface area contributed by atoms with Crippen LogP contribution in [-0.2, 0) is 27.3 Å². The summed E-state index contributed by atoms with van der Waals surface area (Å²) in [6.07, 6.45) is 3.96. The molecule has 8 nitrogen and oxygen atoms in total. The molecule has 1 amide bonds. The predicted octanol–water partition coefficient (Wildman–Crippen LogP) is 3.81. The maximum absolute atomic E-state index is 13.3. The van der Waals surface area contributed by atoms with Crippen molar-refractivity contribution in [3.8, 4) is 5.75 Å². The van der Waals surface area contributed by atoms with Crippen LogP contribution >= 0.6 is 0 Å². The third kappa shape index (κ3) is 4.11. The van der Waals surface area contributed by atoms with Gasteiger partial charge >= 0.3 is 5.97 Å². The average Bonchev–Trinajstić information content (AvgIpc) is 3.39. The second kappa shape index (κ2) is 9.30. The van der Waals surface area contributed by atoms with E-state index in [9.17, 15) is 19.5 Å². The zero-order chi connectivity index (χ0) is 25.4. The first kappa shape index (κ1) is 23.3. The van der Waals surface area contributed by atoms with Gasteiger partial charge in [0.2, 0.25) is 0 Å². The highest BCUT2D eigenvalue weighted by atomic mass is 16.5. The van der Waals surface area contributed by atoms with E-state index in [2.05, 4.69) is 4.98 Å². The second-order valence-corrected chi connectivity index (χ2v) is 8.86. The Morgan fingerprint density at radius 2 is 1.89 bits per heavy atom. The number of Topliss-reactive ketones (excluding diaryl/α,β-unsaturated/α-hetero) is 1. The Hall–Kier alpha value is -4.46. The molecular formula is C28H24N2O6. The summed E-state index contributed by atoms with van der Waals surface area (Å²) in [6, 6.07) is 14.4. The smallest absolute Gasteiger partial charge is 0.337 e. The van der Waals surface area contributed by atoms with Crippen LogP contribution in [0, 0.1) is 0 Å². The number of methoxy groups -OCH3 is 1. The SMILES string of the molecule is COC(=O)c1ccc([C@@H]2C(=C(O)c3ccc4c(c3)C[C@@H](C)O4)C(=O)C(=O)N2Cc2cccnc2)cc1. The van der Waals surface area contributed by atoms with Gasteiger partial charge in [0.25, 0.3) is 11.7 Å². The van der Waals surface area contributed by atoms with E-state index < -0.39 is 23.7 Å². The molecule has 2 aromatic carbocycles. The first-order chi connectivity index (χ1) is 17.4. The molecule has 0 spiro atoms. The number of carbonyl (C=O) groups is 3. The standard InChI is InChI=1S/C28H24N2O6/c1-16-12-21-13-20(9-10-22(21)36-16)25(31)23-24(18-5-7-19(8-6-18)28(34)35-2)30(27(33)26(23)32)15-17-4-3-11-29-14-17/h3-11,13-14,16,24,31H,12,15H2,1-2H3/t16-,24-/m1/s1. The molecule has 1 aromatic heterocycles. The molecular weight excluding hydrogens is 460 g/mol. The van der Waals surface area contributed by atoms with Crippen LogP contribution in [0.4, 0.5) is 0 Å². The minimum absolute atomic E-state index is 0.0124. The van der Waals surface area contributed by atoms with Crippen molar-refractivity contribution in [2.75, 3.05) is 7.11 Å². The first-order valence-electron chi connectivity index (χ1n) is 11.5. The number of likely N-dealkylation sites (tertiary alicyclic amines) is 1. The maximum atomic E-state index is 13.3. The van der Waals surface area contributed by atoms with Crippen molar-refractivity contribution in [2.45, 2.75) is 32.0 Å². The fourth-order valence-corrected chi connectivity index (χ4v) is 4.72. The number of ether oxygens (including phenoxy) is 2. The highest BCUT2D eigenvalue weighted by Crippen LogP contribution is 2.41. The van der Waals surface area contributed by atoms with Crippen LogP contribution in [0.1, 0.15) is 45.6 Å². The summed E-state index contributed by atoms with van der Waals surface area (Å²) < 4.78 is 10.5. The van der Waals surface area contributed by atoms with Gasteiger partial charge in [0.15, 0.2) is 0 Å². The van der Waals surface area contributed by atoms with E-state index >= 15 is 0 Å². The Morgan fingerprint density at radius 1 is 1.14 bits per heavy atom. The number of aliphatic hydroxyl groups is 1. The summed E-state index contributed by atoms with van der Waals surface area (Å²) in [5.41, 5.74) is 2.99. The average molecular weight is 485 g/mol. The van der Waals surface area contributed by atoms with Crippen molar-refractivity contribution >= 4 is 23.4 Å². The number of fused-ring (bicyclic) bond motifs is 1. The molecule has 0 saturated carbocycles. The number of carbonyl (C=O) groups excluding carboxylic acids is 3. The van der Waals surface area contributed by atoms with Crippen molar-refractivity contribution in [2.24, 2.45) is 0 Å². The number of nitrogens with zero attached hydrogens (tertiary/aromatic N) is 2. The van der Waals surface area contributed by atoms with Crippen molar-refractivity contribution in [3.05, 3.63) is 100 Å². The molecule has 2 atom stereocenters. The summed E-state index contributed by atoms with van der Waals surface area (Å²) in [5, 5.41) is 11.4. The maximum Gasteiger partial charge on any atom is 0.337 e. The van der Waals surface area contributed by atoms with Crippen LogP contribution in [0.2, 0.25) is 0 Å². The van der Waals surface area contributed by atoms with Gasteiger partial charge in [0, 0.05) is 30.9 Å². The van der Waals surface area contributed by atoms with Gasteiger partial charge < -0.3 is 19.5 Å². The van der Waals surface area contributed by atoms with E-state index in [1.807, 2.05) is 13.0 Å². The van der Waals surface area contributed by atoms with E-state index in [1.165, 1.54) is 12.0 Å². The van der Waals surface area contributed by atoms with Crippen molar-refractivity contribution < 1.29 is 29.0 Å². The number of ketones is 1. The number of rotatable bonds is 5. The van der Waals surface area contributed by atoms with Gasteiger partial charge in [-0.3, -0.25) is 14.6 Å². The molecule has 2 aliphatic rings. The summed E-state index contributed by atoms with van der Waals surface area (Å²) >= 11 is 0. The quantitative estimate of drug-likeness (QED) is 0.254. The molecule has 0 radical (unpaired) electrons. The van der Waals surface area contributed by atoms with E-state index in [4.69, 9.17) is 9.47 Å². The number of pyridine rings is 1. The lowest BCUT2D eigenvalue weighted by atomic mass is 9.94. The predicted molar refractivity (Wildman–Crippen MR) is 130 cm³/mol. The highest BCUT2D eigenvalue weighted by Gasteiger charge is 2.46. The van der Waals surface area contributed by atoms with E-state index in [1.54, 1.807) is 60.9 Å². The van der Waals surface area contributed by atoms with Gasteiger partial charge in [0.1, 0.15) is 17.6 Å². The van der Waals surface area contributed by atoms with Crippen LogP contribution in [0.25, 0.3) is 5.76 Å². The molecule has 8 heteroatoms. The molecule has 1 fully saturated rings. The number of aromatic nitrogens is 1. The summed E-state index contributed by atoms with van der Waals surface area (Å²) in [7, 11) is 1.29. The number of amides is 1. The van der Waals surface area contributed by atoms with E-state index in [-0.39, 0.29) is 24.0 Å². The van der Waals surface area contributed by atoms with E-state index in [0.29, 0.717) is 23.1 Å². The molecule has 5 rings (SSSR count). The summed E-state index contributed by atoms with van der Waals surface area (Å²) in [6.45, 7) is 2.08. The lowest BCUT2D eigenvalue weighted by molar-refractivity contribution is -0.140. The second-order valence-electron chi connectivity index (χ2n) is 8.86. The van der Waals surface area contributed by atoms with Crippen LogP contribution in [0.3, 0.4) is 0 Å². The summed E-state index contributed by atoms with van der Waals surface area (Å²) in [5.74, 6) is -1.51. The van der Waals surface area contributed by atoms with Gasteiger partial charge in [-0.1, -0.05) is 18.2 Å². The molecule has 0 aliphatic carbocycles. The van der Waals surface area contributed by atoms with Crippen LogP contribution in [0.5, 0.6) is 5.75 Å². The van der Waals surface area contributed by atoms with Crippen LogP contribution < -0.4 is 4.74 Å². The summed E-state index contributed by atoms with van der Waals surface area (Å²) in [4.78, 5) is 43.9. The van der Waals surface area contributed by atoms with Crippen LogP contribution in [-0.4, -0.2) is 45.9 Å². The van der Waals surface area contributed by atoms with Crippen molar-refractivity contribution in [1.82, 2.24) is 9.88 Å². The Morgan fingerprint density at radius 3 is 2.58 bits per heavy atom. The van der Waals surface area contributed by atoms with Crippen molar-refractivity contribution in [3.63, 3.8) is 0 Å². The molecule has 2 aliphatic heterocycles. The first-order valence-corrected chi connectivity index (χ1v) is 11.5. The van der Waals surface area contributed by atoms with Crippen molar-refractivity contribution in [1.29, 1.82) is 0 Å². The minimum atomic E-state index is -0.861. The monoisotopic (exact) mass is 484 g/mol. The lowest BCUT2D eigenvalue weighted by Crippen LogP contribution is -2.29. The van der Waals surface area contributed by atoms with Gasteiger partial charge in [-0.15, -0.1) is 0 Å². The molecule has 182 valence electrons. The minimum Gasteiger partial charge on any atom is -0.507 e. The largest absolute Gasteiger partial charge is 0.507 e. The van der Waals surface area contributed by atoms with E-state index in [0.717, 1.165) is 16.9 Å². The number of benzene rings is 2. The fourth-order valence-electron chi connectivity index (χ4n) is 4.72. The zero-order valence-electron chi connectivity index (χ0n) is 19.8. The molecule has 0 unspecified atom stereocenters. The Labute approximate surface area is 207 Å². The van der Waals surface area contributed by atoms with Gasteiger partial charge in [-0.05, 0) is 60.0 Å². The third-order valence-corrected chi connectivity index (χ3v) is 6.43. The number of hydrogen-bond donors (Lipinski definition) is 1. The molecule has 0 bridgehead atoms. The number of aliphatic hydroxyl groups excluding tert-OH is 1. The Balaban J connectivity index is 1.62. The normalized spacial score (nSPS) is 20.2. The molecule has 1 N–H and O–H groups in total. The fraction of sp³-hybridized carbons (Fsp3) is 0.214. The molecule has 1 saturated heterocycles. The number of esters is 1. The van der Waals surface area contributed by atoms with Gasteiger partial charge in [-0.25, -0.2) is 4.79 Å². The highest BCUT2D eigenvalue weighted by molar-refractivity contribution is 6.46.